The average Bonchev–Trinajstić information content (AvgIpc) is 3.55. The zero-order valence-electron chi connectivity index (χ0n) is 22.1. The number of rotatable bonds is 8. The number of nitrogens with two attached hydrogens (primary N) is 1. The number of carbonyl (C=O) groups excluding carboxylic acids is 1. The quantitative estimate of drug-likeness (QED) is 0.431. The summed E-state index contributed by atoms with van der Waals surface area (Å²) in [5.41, 5.74) is 10.9. The Bertz CT molecular complexity index is 1360. The van der Waals surface area contributed by atoms with Crippen molar-refractivity contribution in [2.75, 3.05) is 0 Å². The molecule has 1 fully saturated rings. The smallest absolute Gasteiger partial charge is 0.338 e. The molecule has 0 bridgehead atoms. The summed E-state index contributed by atoms with van der Waals surface area (Å²) in [6, 6.07) is 8.39. The van der Waals surface area contributed by atoms with Crippen molar-refractivity contribution < 1.29 is 14.6 Å². The maximum absolute atomic E-state index is 13.4. The van der Waals surface area contributed by atoms with Gasteiger partial charge < -0.3 is 15.6 Å². The lowest BCUT2D eigenvalue weighted by molar-refractivity contribution is -0.167. The van der Waals surface area contributed by atoms with E-state index in [1.165, 1.54) is 16.7 Å². The molecule has 2 aliphatic rings. The molecule has 3 heterocycles. The zero-order valence-corrected chi connectivity index (χ0v) is 22.1. The first-order valence-electron chi connectivity index (χ1n) is 13.5. The molecular weight excluding hydrogens is 466 g/mol. The lowest BCUT2D eigenvalue weighted by Crippen LogP contribution is -2.46. The summed E-state index contributed by atoms with van der Waals surface area (Å²) in [7, 11) is 0. The maximum atomic E-state index is 13.4. The van der Waals surface area contributed by atoms with Crippen molar-refractivity contribution in [2.24, 2.45) is 11.7 Å². The number of aliphatic hydroxyl groups is 1. The number of hydrogen-bond donors (Lipinski definition) is 2. The molecule has 1 aliphatic carbocycles. The number of aromatic nitrogens is 4. The molecule has 1 saturated carbocycles. The second-order valence-electron chi connectivity index (χ2n) is 10.7. The fourth-order valence-corrected chi connectivity index (χ4v) is 6.15. The van der Waals surface area contributed by atoms with E-state index in [1.807, 2.05) is 19.9 Å². The molecule has 1 atom stereocenters. The Kier molecular flexibility index (Phi) is 7.03. The number of ether oxygens (including phenoxy) is 1. The topological polar surface area (TPSA) is 116 Å². The highest BCUT2D eigenvalue weighted by Crippen LogP contribution is 2.46. The highest BCUT2D eigenvalue weighted by Gasteiger charge is 2.48. The predicted molar refractivity (Wildman–Crippen MR) is 141 cm³/mol. The lowest BCUT2D eigenvalue weighted by atomic mass is 9.76. The van der Waals surface area contributed by atoms with Crippen LogP contribution in [0.15, 0.2) is 35.6 Å². The summed E-state index contributed by atoms with van der Waals surface area (Å²) in [6.07, 6.45) is 7.14. The summed E-state index contributed by atoms with van der Waals surface area (Å²) < 4.78 is 7.96. The first kappa shape index (κ1) is 25.4. The normalized spacial score (nSPS) is 20.7. The SMILES string of the molecule is CCc1cc(CCC2(C3CCCC3)CC(O)=C(Cc3nc4nc(C)cc(C)n4n3)C(=O)O2)ccc1CN. The molecule has 1 unspecified atom stereocenters. The minimum absolute atomic E-state index is 0.107. The molecule has 8 nitrogen and oxygen atoms in total. The van der Waals surface area contributed by atoms with E-state index >= 15 is 0 Å². The van der Waals surface area contributed by atoms with Gasteiger partial charge in [-0.15, -0.1) is 5.10 Å². The number of esters is 1. The Hall–Kier alpha value is -3.26. The van der Waals surface area contributed by atoms with Crippen LogP contribution in [0.2, 0.25) is 0 Å². The van der Waals surface area contributed by atoms with Gasteiger partial charge in [0.15, 0.2) is 5.82 Å². The van der Waals surface area contributed by atoms with Gasteiger partial charge in [-0.3, -0.25) is 0 Å². The highest BCUT2D eigenvalue weighted by atomic mass is 16.6. The molecule has 0 amide bonds. The van der Waals surface area contributed by atoms with Crippen LogP contribution in [0.3, 0.4) is 0 Å². The van der Waals surface area contributed by atoms with Crippen molar-refractivity contribution in [1.82, 2.24) is 19.6 Å². The van der Waals surface area contributed by atoms with Crippen molar-refractivity contribution in [1.29, 1.82) is 0 Å². The molecule has 0 radical (unpaired) electrons. The van der Waals surface area contributed by atoms with E-state index in [0.29, 0.717) is 31.0 Å². The van der Waals surface area contributed by atoms with Crippen molar-refractivity contribution in [3.63, 3.8) is 0 Å². The number of aryl methyl sites for hydroxylation is 4. The Balaban J connectivity index is 1.40. The summed E-state index contributed by atoms with van der Waals surface area (Å²) in [5.74, 6) is 0.834. The number of aliphatic hydroxyl groups excluding tert-OH is 1. The van der Waals surface area contributed by atoms with E-state index in [-0.39, 0.29) is 23.7 Å². The fourth-order valence-electron chi connectivity index (χ4n) is 6.15. The van der Waals surface area contributed by atoms with Gasteiger partial charge in [-0.05, 0) is 74.6 Å². The van der Waals surface area contributed by atoms with Gasteiger partial charge in [-0.2, -0.15) is 4.98 Å². The van der Waals surface area contributed by atoms with Crippen LogP contribution in [0, 0.1) is 19.8 Å². The van der Waals surface area contributed by atoms with Crippen molar-refractivity contribution in [2.45, 2.75) is 90.7 Å². The van der Waals surface area contributed by atoms with Crippen molar-refractivity contribution in [3.05, 3.63) is 69.5 Å². The zero-order chi connectivity index (χ0) is 26.2. The number of hydrogen-bond acceptors (Lipinski definition) is 7. The number of carbonyl (C=O) groups is 1. The van der Waals surface area contributed by atoms with Crippen LogP contribution in [0.1, 0.15) is 79.4 Å². The standard InChI is InChI=1S/C29H37N5O3/c1-4-21-14-20(9-10-22(21)17-30)11-12-29(23-7-5-6-8-23)16-25(35)24(27(36)37-29)15-26-32-28-31-18(2)13-19(3)34(28)33-26/h9-10,13-14,23,35H,4-8,11-12,15-17,30H2,1-3H3. The Labute approximate surface area is 218 Å². The minimum Gasteiger partial charge on any atom is -0.512 e. The van der Waals surface area contributed by atoms with Gasteiger partial charge in [0.2, 0.25) is 0 Å². The van der Waals surface area contributed by atoms with Crippen LogP contribution in [0.4, 0.5) is 0 Å². The number of fused-ring (bicyclic) bond motifs is 1. The summed E-state index contributed by atoms with van der Waals surface area (Å²) in [5, 5.41) is 15.7. The van der Waals surface area contributed by atoms with Gasteiger partial charge in [0.25, 0.3) is 5.78 Å². The van der Waals surface area contributed by atoms with E-state index in [4.69, 9.17) is 10.5 Å². The van der Waals surface area contributed by atoms with E-state index in [2.05, 4.69) is 40.2 Å². The molecule has 8 heteroatoms. The van der Waals surface area contributed by atoms with E-state index < -0.39 is 11.6 Å². The fraction of sp³-hybridized carbons (Fsp3) is 0.517. The number of benzene rings is 1. The lowest BCUT2D eigenvalue weighted by Gasteiger charge is -2.41. The molecule has 1 aliphatic heterocycles. The molecule has 0 saturated heterocycles. The van der Waals surface area contributed by atoms with Crippen LogP contribution < -0.4 is 5.73 Å². The second-order valence-corrected chi connectivity index (χ2v) is 10.7. The first-order valence-corrected chi connectivity index (χ1v) is 13.5. The van der Waals surface area contributed by atoms with Gasteiger partial charge in [0, 0.05) is 30.8 Å². The van der Waals surface area contributed by atoms with Gasteiger partial charge >= 0.3 is 5.97 Å². The molecule has 0 spiro atoms. The monoisotopic (exact) mass is 503 g/mol. The Morgan fingerprint density at radius 2 is 1.95 bits per heavy atom. The predicted octanol–water partition coefficient (Wildman–Crippen LogP) is 4.63. The summed E-state index contributed by atoms with van der Waals surface area (Å²) in [6.45, 7) is 6.52. The van der Waals surface area contributed by atoms with Gasteiger partial charge in [0.1, 0.15) is 11.4 Å². The van der Waals surface area contributed by atoms with Crippen LogP contribution in [-0.4, -0.2) is 36.3 Å². The summed E-state index contributed by atoms with van der Waals surface area (Å²) >= 11 is 0. The molecule has 1 aromatic carbocycles. The molecule has 5 rings (SSSR count). The van der Waals surface area contributed by atoms with Crippen LogP contribution in [-0.2, 0) is 35.3 Å². The third-order valence-corrected chi connectivity index (χ3v) is 8.16. The summed E-state index contributed by atoms with van der Waals surface area (Å²) in [4.78, 5) is 22.3. The maximum Gasteiger partial charge on any atom is 0.338 e. The molecule has 2 aromatic heterocycles. The van der Waals surface area contributed by atoms with Crippen LogP contribution in [0.25, 0.3) is 5.78 Å². The molecule has 3 N–H and O–H groups in total. The van der Waals surface area contributed by atoms with Gasteiger partial charge in [0.05, 0.1) is 5.57 Å². The minimum atomic E-state index is -0.693. The van der Waals surface area contributed by atoms with E-state index in [0.717, 1.165) is 49.9 Å². The molecular formula is C29H37N5O3. The van der Waals surface area contributed by atoms with Gasteiger partial charge in [-0.1, -0.05) is 38.0 Å². The highest BCUT2D eigenvalue weighted by molar-refractivity contribution is 5.90. The third kappa shape index (κ3) is 4.99. The third-order valence-electron chi connectivity index (χ3n) is 8.16. The molecule has 37 heavy (non-hydrogen) atoms. The van der Waals surface area contributed by atoms with Gasteiger partial charge in [-0.25, -0.2) is 14.3 Å². The van der Waals surface area contributed by atoms with Crippen molar-refractivity contribution >= 4 is 11.7 Å². The molecule has 196 valence electrons. The average molecular weight is 504 g/mol. The van der Waals surface area contributed by atoms with Crippen LogP contribution >= 0.6 is 0 Å². The molecule has 3 aromatic rings. The Morgan fingerprint density at radius 3 is 2.65 bits per heavy atom. The number of nitrogens with zero attached hydrogens (tertiary/aromatic N) is 4. The van der Waals surface area contributed by atoms with E-state index in [9.17, 15) is 9.90 Å². The van der Waals surface area contributed by atoms with E-state index in [1.54, 1.807) is 4.52 Å². The Morgan fingerprint density at radius 1 is 1.16 bits per heavy atom. The second kappa shape index (κ2) is 10.2. The van der Waals surface area contributed by atoms with Crippen LogP contribution in [0.5, 0.6) is 0 Å². The first-order chi connectivity index (χ1) is 17.8. The largest absolute Gasteiger partial charge is 0.512 e. The van der Waals surface area contributed by atoms with Crippen molar-refractivity contribution in [3.8, 4) is 0 Å². The number of cyclic esters (lactones) is 1.